The Kier molecular flexibility index (Phi) is 4.67. The summed E-state index contributed by atoms with van der Waals surface area (Å²) < 4.78 is 0. The van der Waals surface area contributed by atoms with Gasteiger partial charge in [0, 0.05) is 23.7 Å². The number of rotatable bonds is 3. The standard InChI is InChI=1S/C20H19ClN2O2S/c21-15-6-2-4-8-17(15)26-13-18(24)23-11-9-20(10-12-23)14-5-1-3-7-16(14)22-19(20)25/h1-8H,9-13H2,(H,22,25). The van der Waals surface area contributed by atoms with Crippen molar-refractivity contribution < 1.29 is 9.59 Å². The SMILES string of the molecule is O=C(CSc1ccccc1Cl)N1CCC2(CC1)C(=O)Nc1ccccc12. The number of carbonyl (C=O) groups is 2. The van der Waals surface area contributed by atoms with Gasteiger partial charge >= 0.3 is 0 Å². The third-order valence-electron chi connectivity index (χ3n) is 5.28. The summed E-state index contributed by atoms with van der Waals surface area (Å²) in [4.78, 5) is 28.0. The summed E-state index contributed by atoms with van der Waals surface area (Å²) in [5.74, 6) is 0.521. The molecule has 0 bridgehead atoms. The minimum atomic E-state index is -0.483. The van der Waals surface area contributed by atoms with Crippen molar-refractivity contribution in [1.29, 1.82) is 0 Å². The molecular weight excluding hydrogens is 368 g/mol. The first-order valence-electron chi connectivity index (χ1n) is 8.66. The van der Waals surface area contributed by atoms with Crippen molar-refractivity contribution in [2.24, 2.45) is 0 Å². The van der Waals surface area contributed by atoms with Crippen molar-refractivity contribution >= 4 is 40.9 Å². The quantitative estimate of drug-likeness (QED) is 0.813. The maximum atomic E-state index is 12.6. The smallest absolute Gasteiger partial charge is 0.235 e. The number of amides is 2. The van der Waals surface area contributed by atoms with Gasteiger partial charge in [-0.1, -0.05) is 41.9 Å². The van der Waals surface area contributed by atoms with Crippen molar-refractivity contribution in [3.8, 4) is 0 Å². The zero-order valence-electron chi connectivity index (χ0n) is 14.2. The first kappa shape index (κ1) is 17.4. The lowest BCUT2D eigenvalue weighted by Gasteiger charge is -2.38. The molecule has 0 atom stereocenters. The number of benzene rings is 2. The first-order chi connectivity index (χ1) is 12.6. The lowest BCUT2D eigenvalue weighted by molar-refractivity contribution is -0.132. The van der Waals surface area contributed by atoms with E-state index in [0.29, 0.717) is 36.7 Å². The van der Waals surface area contributed by atoms with Crippen molar-refractivity contribution in [3.05, 3.63) is 59.1 Å². The molecule has 6 heteroatoms. The van der Waals surface area contributed by atoms with Crippen LogP contribution in [0, 0.1) is 0 Å². The van der Waals surface area contributed by atoms with Crippen LogP contribution in [0.3, 0.4) is 0 Å². The van der Waals surface area contributed by atoms with E-state index in [1.165, 1.54) is 11.8 Å². The summed E-state index contributed by atoms with van der Waals surface area (Å²) in [6.45, 7) is 1.20. The van der Waals surface area contributed by atoms with Crippen LogP contribution >= 0.6 is 23.4 Å². The van der Waals surface area contributed by atoms with Crippen molar-refractivity contribution in [1.82, 2.24) is 4.90 Å². The molecule has 2 heterocycles. The van der Waals surface area contributed by atoms with Gasteiger partial charge in [-0.15, -0.1) is 11.8 Å². The Morgan fingerprint density at radius 2 is 1.81 bits per heavy atom. The molecule has 0 radical (unpaired) electrons. The van der Waals surface area contributed by atoms with Gasteiger partial charge in [-0.25, -0.2) is 0 Å². The second kappa shape index (κ2) is 6.97. The van der Waals surface area contributed by atoms with Gasteiger partial charge in [-0.2, -0.15) is 0 Å². The number of carbonyl (C=O) groups excluding carboxylic acids is 2. The number of nitrogens with zero attached hydrogens (tertiary/aromatic N) is 1. The number of anilines is 1. The molecule has 2 aromatic carbocycles. The summed E-state index contributed by atoms with van der Waals surface area (Å²) >= 11 is 7.61. The van der Waals surface area contributed by atoms with E-state index in [1.54, 1.807) is 0 Å². The molecule has 134 valence electrons. The molecule has 4 rings (SSSR count). The van der Waals surface area contributed by atoms with E-state index in [1.807, 2.05) is 53.4 Å². The van der Waals surface area contributed by atoms with Crippen molar-refractivity contribution in [2.45, 2.75) is 23.2 Å². The zero-order chi connectivity index (χ0) is 18.1. The van der Waals surface area contributed by atoms with E-state index in [4.69, 9.17) is 11.6 Å². The van der Waals surface area contributed by atoms with Crippen LogP contribution in [0.25, 0.3) is 0 Å². The van der Waals surface area contributed by atoms with Gasteiger partial charge in [0.05, 0.1) is 16.2 Å². The Morgan fingerprint density at radius 1 is 1.12 bits per heavy atom. The van der Waals surface area contributed by atoms with Crippen LogP contribution in [-0.2, 0) is 15.0 Å². The van der Waals surface area contributed by atoms with Crippen LogP contribution in [-0.4, -0.2) is 35.6 Å². The zero-order valence-corrected chi connectivity index (χ0v) is 15.8. The fourth-order valence-corrected chi connectivity index (χ4v) is 4.94. The second-order valence-corrected chi connectivity index (χ2v) is 8.11. The Hall–Kier alpha value is -1.98. The summed E-state index contributed by atoms with van der Waals surface area (Å²) in [5, 5.41) is 3.66. The highest BCUT2D eigenvalue weighted by Gasteiger charge is 2.48. The largest absolute Gasteiger partial charge is 0.342 e. The summed E-state index contributed by atoms with van der Waals surface area (Å²) in [7, 11) is 0. The topological polar surface area (TPSA) is 49.4 Å². The molecule has 1 N–H and O–H groups in total. The number of hydrogen-bond acceptors (Lipinski definition) is 3. The van der Waals surface area contributed by atoms with Crippen LogP contribution in [0.15, 0.2) is 53.4 Å². The molecule has 2 aliphatic heterocycles. The Labute approximate surface area is 161 Å². The number of likely N-dealkylation sites (tertiary alicyclic amines) is 1. The fourth-order valence-electron chi connectivity index (χ4n) is 3.80. The highest BCUT2D eigenvalue weighted by molar-refractivity contribution is 8.00. The number of fused-ring (bicyclic) bond motifs is 2. The van der Waals surface area contributed by atoms with Gasteiger partial charge in [-0.3, -0.25) is 9.59 Å². The molecule has 1 fully saturated rings. The van der Waals surface area contributed by atoms with Crippen LogP contribution in [0.2, 0.25) is 5.02 Å². The van der Waals surface area contributed by atoms with Crippen LogP contribution in [0.1, 0.15) is 18.4 Å². The summed E-state index contributed by atoms with van der Waals surface area (Å²) in [6.07, 6.45) is 1.33. The normalized spacial score (nSPS) is 17.9. The molecule has 1 spiro atoms. The second-order valence-electron chi connectivity index (χ2n) is 6.68. The van der Waals surface area contributed by atoms with E-state index < -0.39 is 5.41 Å². The molecular formula is C20H19ClN2O2S. The van der Waals surface area contributed by atoms with E-state index in [-0.39, 0.29) is 11.8 Å². The first-order valence-corrected chi connectivity index (χ1v) is 10.0. The monoisotopic (exact) mass is 386 g/mol. The summed E-state index contributed by atoms with van der Waals surface area (Å²) in [5.41, 5.74) is 1.50. The molecule has 2 aromatic rings. The fraction of sp³-hybridized carbons (Fsp3) is 0.300. The Morgan fingerprint density at radius 3 is 2.58 bits per heavy atom. The average Bonchev–Trinajstić information content (AvgIpc) is 2.93. The van der Waals surface area contributed by atoms with Crippen molar-refractivity contribution in [3.63, 3.8) is 0 Å². The number of hydrogen-bond donors (Lipinski definition) is 1. The van der Waals surface area contributed by atoms with Gasteiger partial charge in [0.2, 0.25) is 11.8 Å². The number of piperidine rings is 1. The Bertz CT molecular complexity index is 862. The van der Waals surface area contributed by atoms with Gasteiger partial charge in [0.25, 0.3) is 0 Å². The molecule has 2 aliphatic rings. The maximum Gasteiger partial charge on any atom is 0.235 e. The lowest BCUT2D eigenvalue weighted by Crippen LogP contribution is -2.48. The average molecular weight is 387 g/mol. The van der Waals surface area contributed by atoms with Crippen LogP contribution in [0.5, 0.6) is 0 Å². The summed E-state index contributed by atoms with van der Waals surface area (Å²) in [6, 6.07) is 15.4. The van der Waals surface area contributed by atoms with Crippen LogP contribution < -0.4 is 5.32 Å². The van der Waals surface area contributed by atoms with E-state index >= 15 is 0 Å². The molecule has 1 saturated heterocycles. The third-order valence-corrected chi connectivity index (χ3v) is 6.78. The van der Waals surface area contributed by atoms with Gasteiger partial charge in [0.1, 0.15) is 0 Å². The molecule has 2 amide bonds. The van der Waals surface area contributed by atoms with E-state index in [2.05, 4.69) is 5.32 Å². The van der Waals surface area contributed by atoms with E-state index in [9.17, 15) is 9.59 Å². The van der Waals surface area contributed by atoms with Gasteiger partial charge in [-0.05, 0) is 36.6 Å². The van der Waals surface area contributed by atoms with Gasteiger partial charge in [0.15, 0.2) is 0 Å². The highest BCUT2D eigenvalue weighted by Crippen LogP contribution is 2.44. The van der Waals surface area contributed by atoms with Gasteiger partial charge < -0.3 is 10.2 Å². The highest BCUT2D eigenvalue weighted by atomic mass is 35.5. The predicted octanol–water partition coefficient (Wildman–Crippen LogP) is 3.94. The Balaban J connectivity index is 1.40. The molecule has 26 heavy (non-hydrogen) atoms. The number of thioether (sulfide) groups is 1. The minimum absolute atomic E-state index is 0.0660. The minimum Gasteiger partial charge on any atom is -0.342 e. The maximum absolute atomic E-state index is 12.6. The molecule has 4 nitrogen and oxygen atoms in total. The molecule has 0 aromatic heterocycles. The molecule has 0 saturated carbocycles. The van der Waals surface area contributed by atoms with E-state index in [0.717, 1.165) is 16.1 Å². The number of nitrogens with one attached hydrogen (secondary N) is 1. The lowest BCUT2D eigenvalue weighted by atomic mass is 9.73. The third kappa shape index (κ3) is 2.99. The predicted molar refractivity (Wildman–Crippen MR) is 105 cm³/mol. The molecule has 0 unspecified atom stereocenters. The molecule has 0 aliphatic carbocycles. The number of halogens is 1. The van der Waals surface area contributed by atoms with Crippen LogP contribution in [0.4, 0.5) is 5.69 Å². The van der Waals surface area contributed by atoms with Crippen molar-refractivity contribution in [2.75, 3.05) is 24.2 Å². The number of para-hydroxylation sites is 1.